The molecule has 8 heteroatoms. The molecule has 2 aliphatic rings. The quantitative estimate of drug-likeness (QED) is 0.618. The standard InChI is InChI=1S/C24H23N3O5/c1-27-9-8-19-17(12-27)23(16-4-2-3-5-18(16)26-19)24(29)30-13-22(28)25-11-15-6-7-20-21(10-15)32-14-31-20/h2-7,10H,8-9,11-14H2,1H3,(H,25,28). The first-order valence-corrected chi connectivity index (χ1v) is 10.5. The zero-order chi connectivity index (χ0) is 22.1. The van der Waals surface area contributed by atoms with Gasteiger partial charge in [0.05, 0.1) is 11.1 Å². The molecule has 2 aliphatic heterocycles. The SMILES string of the molecule is CN1CCc2nc3ccccc3c(C(=O)OCC(=O)NCc3ccc4c(c3)OCO4)c2C1. The van der Waals surface area contributed by atoms with E-state index in [4.69, 9.17) is 19.2 Å². The summed E-state index contributed by atoms with van der Waals surface area (Å²) in [4.78, 5) is 32.3. The number of hydrogen-bond acceptors (Lipinski definition) is 7. The summed E-state index contributed by atoms with van der Waals surface area (Å²) in [6, 6.07) is 13.0. The molecule has 164 valence electrons. The number of pyridine rings is 1. The predicted octanol–water partition coefficient (Wildman–Crippen LogP) is 2.42. The van der Waals surface area contributed by atoms with Crippen LogP contribution in [0, 0.1) is 0 Å². The normalized spacial score (nSPS) is 14.8. The van der Waals surface area contributed by atoms with Gasteiger partial charge in [-0.3, -0.25) is 9.78 Å². The number of rotatable bonds is 5. The number of fused-ring (bicyclic) bond motifs is 3. The predicted molar refractivity (Wildman–Crippen MR) is 116 cm³/mol. The van der Waals surface area contributed by atoms with Crippen LogP contribution in [0.25, 0.3) is 10.9 Å². The second-order valence-electron chi connectivity index (χ2n) is 7.96. The Hall–Kier alpha value is -3.65. The molecule has 0 unspecified atom stereocenters. The molecule has 0 saturated carbocycles. The Morgan fingerprint density at radius 2 is 2.00 bits per heavy atom. The van der Waals surface area contributed by atoms with Crippen molar-refractivity contribution in [3.8, 4) is 11.5 Å². The molecular weight excluding hydrogens is 410 g/mol. The van der Waals surface area contributed by atoms with E-state index in [0.717, 1.165) is 40.7 Å². The molecule has 0 aliphatic carbocycles. The first kappa shape index (κ1) is 20.3. The number of carbonyl (C=O) groups excluding carboxylic acids is 2. The van der Waals surface area contributed by atoms with Crippen LogP contribution < -0.4 is 14.8 Å². The third-order valence-corrected chi connectivity index (χ3v) is 5.70. The third-order valence-electron chi connectivity index (χ3n) is 5.70. The number of carbonyl (C=O) groups is 2. The first-order chi connectivity index (χ1) is 15.6. The van der Waals surface area contributed by atoms with Gasteiger partial charge in [-0.25, -0.2) is 4.79 Å². The number of likely N-dealkylation sites (N-methyl/N-ethyl adjacent to an activating group) is 1. The van der Waals surface area contributed by atoms with Gasteiger partial charge in [0.2, 0.25) is 6.79 Å². The van der Waals surface area contributed by atoms with Gasteiger partial charge in [-0.15, -0.1) is 0 Å². The van der Waals surface area contributed by atoms with Gasteiger partial charge in [0.1, 0.15) is 0 Å². The highest BCUT2D eigenvalue weighted by atomic mass is 16.7. The van der Waals surface area contributed by atoms with E-state index in [-0.39, 0.29) is 19.3 Å². The summed E-state index contributed by atoms with van der Waals surface area (Å²) >= 11 is 0. The maximum absolute atomic E-state index is 13.1. The number of ether oxygens (including phenoxy) is 3. The van der Waals surface area contributed by atoms with Crippen molar-refractivity contribution in [3.63, 3.8) is 0 Å². The minimum absolute atomic E-state index is 0.199. The van der Waals surface area contributed by atoms with E-state index in [1.54, 1.807) is 6.07 Å². The Kier molecular flexibility index (Phi) is 5.36. The van der Waals surface area contributed by atoms with E-state index in [1.807, 2.05) is 43.4 Å². The smallest absolute Gasteiger partial charge is 0.339 e. The molecule has 0 radical (unpaired) electrons. The highest BCUT2D eigenvalue weighted by Crippen LogP contribution is 2.32. The Labute approximate surface area is 185 Å². The lowest BCUT2D eigenvalue weighted by molar-refractivity contribution is -0.124. The van der Waals surface area contributed by atoms with Crippen molar-refractivity contribution in [3.05, 3.63) is 64.8 Å². The molecule has 0 saturated heterocycles. The monoisotopic (exact) mass is 433 g/mol. The van der Waals surface area contributed by atoms with Gasteiger partial charge in [-0.1, -0.05) is 24.3 Å². The molecule has 0 spiro atoms. The number of benzene rings is 2. The van der Waals surface area contributed by atoms with Gasteiger partial charge in [0.15, 0.2) is 18.1 Å². The fourth-order valence-corrected chi connectivity index (χ4v) is 4.06. The van der Waals surface area contributed by atoms with E-state index in [1.165, 1.54) is 0 Å². The van der Waals surface area contributed by atoms with Crippen LogP contribution in [0.1, 0.15) is 27.2 Å². The van der Waals surface area contributed by atoms with Crippen LogP contribution in [0.3, 0.4) is 0 Å². The second kappa shape index (κ2) is 8.47. The van der Waals surface area contributed by atoms with Crippen molar-refractivity contribution in [1.82, 2.24) is 15.2 Å². The second-order valence-corrected chi connectivity index (χ2v) is 7.96. The van der Waals surface area contributed by atoms with Crippen molar-refractivity contribution in [2.24, 2.45) is 0 Å². The number of hydrogen-bond donors (Lipinski definition) is 1. The molecule has 0 bridgehead atoms. The summed E-state index contributed by atoms with van der Waals surface area (Å²) in [5.74, 6) is 0.462. The summed E-state index contributed by atoms with van der Waals surface area (Å²) in [6.45, 7) is 1.64. The Morgan fingerprint density at radius 1 is 1.16 bits per heavy atom. The van der Waals surface area contributed by atoms with Crippen LogP contribution in [0.5, 0.6) is 11.5 Å². The summed E-state index contributed by atoms with van der Waals surface area (Å²) in [7, 11) is 2.01. The van der Waals surface area contributed by atoms with Crippen molar-refractivity contribution in [2.45, 2.75) is 19.5 Å². The Balaban J connectivity index is 1.28. The lowest BCUT2D eigenvalue weighted by atomic mass is 9.96. The van der Waals surface area contributed by atoms with E-state index in [0.29, 0.717) is 30.2 Å². The summed E-state index contributed by atoms with van der Waals surface area (Å²) in [6.07, 6.45) is 0.771. The Morgan fingerprint density at radius 3 is 2.91 bits per heavy atom. The van der Waals surface area contributed by atoms with Gasteiger partial charge in [-0.05, 0) is 30.8 Å². The van der Waals surface area contributed by atoms with Crippen LogP contribution >= 0.6 is 0 Å². The highest BCUT2D eigenvalue weighted by molar-refractivity contribution is 6.05. The highest BCUT2D eigenvalue weighted by Gasteiger charge is 2.25. The van der Waals surface area contributed by atoms with Crippen LogP contribution in [-0.4, -0.2) is 48.8 Å². The molecule has 1 aromatic heterocycles. The van der Waals surface area contributed by atoms with Gasteiger partial charge in [0.25, 0.3) is 5.91 Å². The number of nitrogens with zero attached hydrogens (tertiary/aromatic N) is 2. The molecular formula is C24H23N3O5. The van der Waals surface area contributed by atoms with Gasteiger partial charge in [0, 0.05) is 42.7 Å². The fraction of sp³-hybridized carbons (Fsp3) is 0.292. The number of esters is 1. The molecule has 1 N–H and O–H groups in total. The molecule has 0 atom stereocenters. The lowest BCUT2D eigenvalue weighted by Gasteiger charge is -2.26. The van der Waals surface area contributed by atoms with Crippen LogP contribution in [0.15, 0.2) is 42.5 Å². The molecule has 2 aromatic carbocycles. The van der Waals surface area contributed by atoms with Crippen molar-refractivity contribution >= 4 is 22.8 Å². The molecule has 1 amide bonds. The fourth-order valence-electron chi connectivity index (χ4n) is 4.06. The van der Waals surface area contributed by atoms with Crippen LogP contribution in [-0.2, 0) is 29.0 Å². The minimum atomic E-state index is -0.506. The van der Waals surface area contributed by atoms with Crippen molar-refractivity contribution in [2.75, 3.05) is 27.0 Å². The van der Waals surface area contributed by atoms with Crippen LogP contribution in [0.4, 0.5) is 0 Å². The van der Waals surface area contributed by atoms with Gasteiger partial charge in [-0.2, -0.15) is 0 Å². The zero-order valence-electron chi connectivity index (χ0n) is 17.7. The molecule has 5 rings (SSSR count). The zero-order valence-corrected chi connectivity index (χ0v) is 17.7. The maximum atomic E-state index is 13.1. The van der Waals surface area contributed by atoms with E-state index >= 15 is 0 Å². The topological polar surface area (TPSA) is 90.0 Å². The molecule has 3 heterocycles. The number of nitrogens with one attached hydrogen (secondary N) is 1. The van der Waals surface area contributed by atoms with E-state index in [9.17, 15) is 9.59 Å². The largest absolute Gasteiger partial charge is 0.454 e. The van der Waals surface area contributed by atoms with Crippen LogP contribution in [0.2, 0.25) is 0 Å². The Bertz CT molecular complexity index is 1210. The summed E-state index contributed by atoms with van der Waals surface area (Å²) in [5, 5.41) is 3.51. The number of aromatic nitrogens is 1. The lowest BCUT2D eigenvalue weighted by Crippen LogP contribution is -2.31. The molecule has 32 heavy (non-hydrogen) atoms. The van der Waals surface area contributed by atoms with Gasteiger partial charge < -0.3 is 24.4 Å². The number of amides is 1. The average molecular weight is 433 g/mol. The van der Waals surface area contributed by atoms with Gasteiger partial charge >= 0.3 is 5.97 Å². The van der Waals surface area contributed by atoms with Crippen molar-refractivity contribution < 1.29 is 23.8 Å². The molecule has 0 fully saturated rings. The van der Waals surface area contributed by atoms with Crippen molar-refractivity contribution in [1.29, 1.82) is 0 Å². The minimum Gasteiger partial charge on any atom is -0.454 e. The third kappa shape index (κ3) is 3.97. The molecule has 8 nitrogen and oxygen atoms in total. The molecule has 3 aromatic rings. The average Bonchev–Trinajstić information content (AvgIpc) is 3.27. The van der Waals surface area contributed by atoms with E-state index < -0.39 is 5.97 Å². The summed E-state index contributed by atoms with van der Waals surface area (Å²) < 4.78 is 16.1. The number of para-hydroxylation sites is 1. The maximum Gasteiger partial charge on any atom is 0.339 e. The van der Waals surface area contributed by atoms with E-state index in [2.05, 4.69) is 10.2 Å². The summed E-state index contributed by atoms with van der Waals surface area (Å²) in [5.41, 5.74) is 3.92. The first-order valence-electron chi connectivity index (χ1n) is 10.5.